The van der Waals surface area contributed by atoms with E-state index in [4.69, 9.17) is 4.74 Å². The van der Waals surface area contributed by atoms with Crippen molar-refractivity contribution in [2.24, 2.45) is 5.92 Å². The van der Waals surface area contributed by atoms with Gasteiger partial charge >= 0.3 is 0 Å². The zero-order valence-corrected chi connectivity index (χ0v) is 16.7. The topological polar surface area (TPSA) is 9.23 Å². The van der Waals surface area contributed by atoms with E-state index in [1.165, 1.54) is 22.3 Å². The van der Waals surface area contributed by atoms with E-state index < -0.39 is 0 Å². The highest BCUT2D eigenvalue weighted by molar-refractivity contribution is 5.45. The normalized spacial score (nSPS) is 26.4. The Morgan fingerprint density at radius 3 is 2.32 bits per heavy atom. The van der Waals surface area contributed by atoms with Crippen molar-refractivity contribution in [1.82, 2.24) is 0 Å². The van der Waals surface area contributed by atoms with E-state index in [-0.39, 0.29) is 6.10 Å². The van der Waals surface area contributed by atoms with Crippen molar-refractivity contribution >= 4 is 0 Å². The minimum Gasteiger partial charge on any atom is -0.489 e. The molecule has 5 rings (SSSR count). The van der Waals surface area contributed by atoms with Crippen molar-refractivity contribution in [3.05, 3.63) is 101 Å². The molecule has 0 amide bonds. The average molecular weight is 369 g/mol. The second kappa shape index (κ2) is 7.13. The van der Waals surface area contributed by atoms with Crippen molar-refractivity contribution in [2.45, 2.75) is 50.5 Å². The maximum absolute atomic E-state index is 6.57. The lowest BCUT2D eigenvalue weighted by molar-refractivity contribution is 0.153. The van der Waals surface area contributed by atoms with Crippen molar-refractivity contribution < 1.29 is 4.74 Å². The zero-order chi connectivity index (χ0) is 19.1. The summed E-state index contributed by atoms with van der Waals surface area (Å²) in [5.41, 5.74) is 5.88. The third-order valence-corrected chi connectivity index (χ3v) is 7.02. The number of rotatable bonds is 4. The summed E-state index contributed by atoms with van der Waals surface area (Å²) in [4.78, 5) is 0. The predicted octanol–water partition coefficient (Wildman–Crippen LogP) is 6.70. The smallest absolute Gasteiger partial charge is 0.123 e. The summed E-state index contributed by atoms with van der Waals surface area (Å²) >= 11 is 0. The molecule has 142 valence electrons. The van der Waals surface area contributed by atoms with Crippen LogP contribution in [0.4, 0.5) is 0 Å². The van der Waals surface area contributed by atoms with Gasteiger partial charge in [0.1, 0.15) is 11.9 Å². The molecule has 5 atom stereocenters. The van der Waals surface area contributed by atoms with Gasteiger partial charge in [-0.3, -0.25) is 0 Å². The molecule has 0 saturated carbocycles. The summed E-state index contributed by atoms with van der Waals surface area (Å²) < 4.78 is 6.57. The zero-order valence-electron chi connectivity index (χ0n) is 16.7. The first-order valence-corrected chi connectivity index (χ1v) is 10.6. The third-order valence-electron chi connectivity index (χ3n) is 7.02. The summed E-state index contributed by atoms with van der Waals surface area (Å²) in [7, 11) is 0. The lowest BCUT2D eigenvalue weighted by Crippen LogP contribution is -2.28. The van der Waals surface area contributed by atoms with E-state index in [0.29, 0.717) is 23.7 Å². The Balaban J connectivity index is 1.46. The van der Waals surface area contributed by atoms with Crippen LogP contribution in [0.25, 0.3) is 0 Å². The van der Waals surface area contributed by atoms with Crippen molar-refractivity contribution in [3.63, 3.8) is 0 Å². The number of para-hydroxylation sites is 1. The SMILES string of the molecule is CC(CC1Oc2ccccc2C1C1Cc2ccccc2C1C)c1ccccc1. The van der Waals surface area contributed by atoms with Crippen LogP contribution in [0.5, 0.6) is 5.75 Å². The average Bonchev–Trinajstić information content (AvgIpc) is 3.26. The summed E-state index contributed by atoms with van der Waals surface area (Å²) in [5, 5.41) is 0. The van der Waals surface area contributed by atoms with Crippen LogP contribution in [-0.4, -0.2) is 6.10 Å². The number of fused-ring (bicyclic) bond motifs is 2. The Kier molecular flexibility index (Phi) is 4.47. The van der Waals surface area contributed by atoms with Crippen LogP contribution in [0.3, 0.4) is 0 Å². The first-order valence-electron chi connectivity index (χ1n) is 10.6. The van der Waals surface area contributed by atoms with E-state index in [9.17, 15) is 0 Å². The largest absolute Gasteiger partial charge is 0.489 e. The van der Waals surface area contributed by atoms with Crippen LogP contribution in [0, 0.1) is 5.92 Å². The van der Waals surface area contributed by atoms with E-state index in [0.717, 1.165) is 18.6 Å². The molecule has 0 saturated heterocycles. The molecule has 5 unspecified atom stereocenters. The molecule has 0 fully saturated rings. The van der Waals surface area contributed by atoms with Gasteiger partial charge in [0.05, 0.1) is 0 Å². The van der Waals surface area contributed by atoms with Gasteiger partial charge in [0.15, 0.2) is 0 Å². The van der Waals surface area contributed by atoms with Crippen molar-refractivity contribution in [1.29, 1.82) is 0 Å². The fourth-order valence-electron chi connectivity index (χ4n) is 5.53. The maximum atomic E-state index is 6.57. The molecule has 1 heterocycles. The predicted molar refractivity (Wildman–Crippen MR) is 115 cm³/mol. The van der Waals surface area contributed by atoms with E-state index in [1.54, 1.807) is 0 Å². The summed E-state index contributed by atoms with van der Waals surface area (Å²) in [6, 6.07) is 28.6. The Morgan fingerprint density at radius 1 is 0.857 bits per heavy atom. The van der Waals surface area contributed by atoms with Gasteiger partial charge in [-0.25, -0.2) is 0 Å². The van der Waals surface area contributed by atoms with Crippen LogP contribution in [-0.2, 0) is 6.42 Å². The molecule has 0 N–H and O–H groups in total. The second-order valence-corrected chi connectivity index (χ2v) is 8.62. The van der Waals surface area contributed by atoms with Gasteiger partial charge in [-0.1, -0.05) is 86.6 Å². The highest BCUT2D eigenvalue weighted by Crippen LogP contribution is 2.53. The van der Waals surface area contributed by atoms with Gasteiger partial charge in [-0.05, 0) is 53.4 Å². The van der Waals surface area contributed by atoms with E-state index in [2.05, 4.69) is 92.7 Å². The van der Waals surface area contributed by atoms with Crippen LogP contribution in [0.1, 0.15) is 60.3 Å². The number of benzene rings is 3. The molecule has 28 heavy (non-hydrogen) atoms. The summed E-state index contributed by atoms with van der Waals surface area (Å²) in [6.45, 7) is 4.75. The molecule has 0 aromatic heterocycles. The molecule has 1 aliphatic heterocycles. The molecule has 1 aliphatic carbocycles. The lowest BCUT2D eigenvalue weighted by atomic mass is 9.75. The highest BCUT2D eigenvalue weighted by atomic mass is 16.5. The molecular formula is C27H28O. The Labute approximate surface area is 168 Å². The molecule has 3 aromatic rings. The quantitative estimate of drug-likeness (QED) is 0.498. The minimum absolute atomic E-state index is 0.245. The molecule has 0 radical (unpaired) electrons. The van der Waals surface area contributed by atoms with Crippen molar-refractivity contribution in [3.8, 4) is 5.75 Å². The Morgan fingerprint density at radius 2 is 1.54 bits per heavy atom. The molecule has 1 nitrogen and oxygen atoms in total. The third kappa shape index (κ3) is 2.94. The van der Waals surface area contributed by atoms with Gasteiger partial charge in [0.2, 0.25) is 0 Å². The maximum Gasteiger partial charge on any atom is 0.123 e. The van der Waals surface area contributed by atoms with Crippen molar-refractivity contribution in [2.75, 3.05) is 0 Å². The molecule has 0 spiro atoms. The monoisotopic (exact) mass is 368 g/mol. The summed E-state index contributed by atoms with van der Waals surface area (Å²) in [6.07, 6.45) is 2.47. The molecule has 0 bridgehead atoms. The van der Waals surface area contributed by atoms with Gasteiger partial charge in [0, 0.05) is 11.5 Å². The number of hydrogen-bond donors (Lipinski definition) is 0. The fraction of sp³-hybridized carbons (Fsp3) is 0.333. The van der Waals surface area contributed by atoms with Crippen LogP contribution in [0.15, 0.2) is 78.9 Å². The molecule has 2 aliphatic rings. The van der Waals surface area contributed by atoms with Crippen LogP contribution >= 0.6 is 0 Å². The Bertz CT molecular complexity index is 961. The highest BCUT2D eigenvalue weighted by Gasteiger charge is 2.44. The number of ether oxygens (including phenoxy) is 1. The van der Waals surface area contributed by atoms with Crippen LogP contribution < -0.4 is 4.74 Å². The molecule has 3 aromatic carbocycles. The fourth-order valence-corrected chi connectivity index (χ4v) is 5.53. The van der Waals surface area contributed by atoms with Gasteiger partial charge < -0.3 is 4.74 Å². The lowest BCUT2D eigenvalue weighted by Gasteiger charge is -2.30. The van der Waals surface area contributed by atoms with Gasteiger partial charge in [-0.2, -0.15) is 0 Å². The first kappa shape index (κ1) is 17.6. The van der Waals surface area contributed by atoms with Gasteiger partial charge in [-0.15, -0.1) is 0 Å². The summed E-state index contributed by atoms with van der Waals surface area (Å²) in [5.74, 6) is 3.23. The molecule has 1 heteroatoms. The van der Waals surface area contributed by atoms with E-state index in [1.807, 2.05) is 0 Å². The van der Waals surface area contributed by atoms with Crippen LogP contribution in [0.2, 0.25) is 0 Å². The molecular weight excluding hydrogens is 340 g/mol. The minimum atomic E-state index is 0.245. The number of hydrogen-bond acceptors (Lipinski definition) is 1. The van der Waals surface area contributed by atoms with E-state index >= 15 is 0 Å². The Hall–Kier alpha value is -2.54. The standard InChI is InChI=1S/C27H28O/c1-18(20-10-4-3-5-11-20)16-26-27(23-14-8-9-15-25(23)28-26)24-17-21-12-6-7-13-22(21)19(24)2/h3-15,18-19,24,26-27H,16-17H2,1-2H3. The second-order valence-electron chi connectivity index (χ2n) is 8.62. The van der Waals surface area contributed by atoms with Gasteiger partial charge in [0.25, 0.3) is 0 Å². The first-order chi connectivity index (χ1) is 13.7.